The topological polar surface area (TPSA) is 85.9 Å². The fraction of sp³-hybridized carbons (Fsp3) is 0.429. The zero-order valence-corrected chi connectivity index (χ0v) is 12.1. The van der Waals surface area contributed by atoms with E-state index >= 15 is 0 Å². The Kier molecular flexibility index (Phi) is 5.10. The van der Waals surface area contributed by atoms with Crippen LogP contribution in [0.15, 0.2) is 18.2 Å². The van der Waals surface area contributed by atoms with Crippen molar-refractivity contribution in [2.45, 2.75) is 25.8 Å². The van der Waals surface area contributed by atoms with Gasteiger partial charge in [-0.25, -0.2) is 4.68 Å². The Bertz CT molecular complexity index is 633. The van der Waals surface area contributed by atoms with Crippen LogP contribution in [0.3, 0.4) is 0 Å². The number of unbranched alkanes of at least 4 members (excludes halogenated alkanes) is 1. The molecule has 1 aromatic carbocycles. The molecule has 0 radical (unpaired) electrons. The molecule has 0 aliphatic carbocycles. The van der Waals surface area contributed by atoms with Crippen molar-refractivity contribution in [2.75, 3.05) is 14.2 Å². The van der Waals surface area contributed by atoms with Crippen LogP contribution in [-0.4, -0.2) is 34.4 Å². The number of aromatic nitrogens is 4. The molecule has 0 saturated carbocycles. The first-order valence-electron chi connectivity index (χ1n) is 6.61. The Labute approximate surface area is 123 Å². The minimum Gasteiger partial charge on any atom is -0.493 e. The van der Waals surface area contributed by atoms with Gasteiger partial charge in [0.05, 0.1) is 20.3 Å². The summed E-state index contributed by atoms with van der Waals surface area (Å²) in [4.78, 5) is 0. The van der Waals surface area contributed by atoms with E-state index < -0.39 is 0 Å². The highest BCUT2D eigenvalue weighted by Gasteiger charge is 2.10. The van der Waals surface area contributed by atoms with Gasteiger partial charge in [0.15, 0.2) is 17.3 Å². The predicted octanol–water partition coefficient (Wildman–Crippen LogP) is 1.58. The molecule has 0 spiro atoms. The van der Waals surface area contributed by atoms with E-state index in [0.717, 1.165) is 17.8 Å². The predicted molar refractivity (Wildman–Crippen MR) is 75.0 cm³/mol. The van der Waals surface area contributed by atoms with Gasteiger partial charge in [-0.05, 0) is 34.5 Å². The Morgan fingerprint density at radius 3 is 2.76 bits per heavy atom. The number of aryl methyl sites for hydroxylation is 1. The molecule has 0 amide bonds. The summed E-state index contributed by atoms with van der Waals surface area (Å²) >= 11 is 0. The SMILES string of the molecule is COc1ccc(Cc2nnnn2CCCC#N)cc1OC. The van der Waals surface area contributed by atoms with E-state index in [-0.39, 0.29) is 0 Å². The Balaban J connectivity index is 2.11. The molecule has 0 saturated heterocycles. The van der Waals surface area contributed by atoms with Crippen LogP contribution < -0.4 is 9.47 Å². The number of nitrogens with zero attached hydrogens (tertiary/aromatic N) is 5. The minimum absolute atomic E-state index is 0.496. The van der Waals surface area contributed by atoms with Gasteiger partial charge in [-0.3, -0.25) is 0 Å². The van der Waals surface area contributed by atoms with Gasteiger partial charge in [0, 0.05) is 19.4 Å². The zero-order valence-electron chi connectivity index (χ0n) is 12.1. The third kappa shape index (κ3) is 3.69. The second-order valence-electron chi connectivity index (χ2n) is 4.45. The van der Waals surface area contributed by atoms with Crippen molar-refractivity contribution in [1.82, 2.24) is 20.2 Å². The van der Waals surface area contributed by atoms with E-state index in [1.54, 1.807) is 18.9 Å². The lowest BCUT2D eigenvalue weighted by Crippen LogP contribution is -2.07. The second kappa shape index (κ2) is 7.24. The monoisotopic (exact) mass is 287 g/mol. The maximum atomic E-state index is 8.57. The lowest BCUT2D eigenvalue weighted by molar-refractivity contribution is 0.354. The van der Waals surface area contributed by atoms with Crippen LogP contribution >= 0.6 is 0 Å². The van der Waals surface area contributed by atoms with Crippen molar-refractivity contribution in [2.24, 2.45) is 0 Å². The van der Waals surface area contributed by atoms with Gasteiger partial charge < -0.3 is 9.47 Å². The molecule has 0 N–H and O–H groups in total. The summed E-state index contributed by atoms with van der Waals surface area (Å²) in [6, 6.07) is 7.84. The van der Waals surface area contributed by atoms with Crippen LogP contribution in [0.5, 0.6) is 11.5 Å². The molecule has 2 rings (SSSR count). The van der Waals surface area contributed by atoms with Crippen molar-refractivity contribution >= 4 is 0 Å². The molecule has 21 heavy (non-hydrogen) atoms. The second-order valence-corrected chi connectivity index (χ2v) is 4.45. The van der Waals surface area contributed by atoms with Gasteiger partial charge >= 0.3 is 0 Å². The van der Waals surface area contributed by atoms with Crippen molar-refractivity contribution < 1.29 is 9.47 Å². The lowest BCUT2D eigenvalue weighted by atomic mass is 10.1. The van der Waals surface area contributed by atoms with Gasteiger partial charge in [0.25, 0.3) is 0 Å². The maximum Gasteiger partial charge on any atom is 0.161 e. The number of benzene rings is 1. The Hall–Kier alpha value is -2.62. The number of hydrogen-bond donors (Lipinski definition) is 0. The molecule has 0 aliphatic rings. The fourth-order valence-corrected chi connectivity index (χ4v) is 2.00. The third-order valence-corrected chi connectivity index (χ3v) is 3.07. The third-order valence-electron chi connectivity index (χ3n) is 3.07. The first kappa shape index (κ1) is 14.8. The summed E-state index contributed by atoms with van der Waals surface area (Å²) in [6.07, 6.45) is 1.83. The van der Waals surface area contributed by atoms with E-state index in [4.69, 9.17) is 14.7 Å². The molecule has 0 unspecified atom stereocenters. The summed E-state index contributed by atoms with van der Waals surface area (Å²) in [5, 5.41) is 20.3. The van der Waals surface area contributed by atoms with Gasteiger partial charge in [0.2, 0.25) is 0 Å². The summed E-state index contributed by atoms with van der Waals surface area (Å²) in [5.74, 6) is 2.13. The van der Waals surface area contributed by atoms with Crippen LogP contribution in [0.4, 0.5) is 0 Å². The largest absolute Gasteiger partial charge is 0.493 e. The van der Waals surface area contributed by atoms with Crippen LogP contribution in [0.25, 0.3) is 0 Å². The van der Waals surface area contributed by atoms with Crippen LogP contribution in [0, 0.1) is 11.3 Å². The van der Waals surface area contributed by atoms with E-state index in [1.165, 1.54) is 0 Å². The molecule has 110 valence electrons. The number of ether oxygens (including phenoxy) is 2. The number of rotatable bonds is 7. The number of hydrogen-bond acceptors (Lipinski definition) is 6. The maximum absolute atomic E-state index is 8.57. The van der Waals surface area contributed by atoms with Crippen molar-refractivity contribution in [3.05, 3.63) is 29.6 Å². The summed E-state index contributed by atoms with van der Waals surface area (Å²) in [5.41, 5.74) is 1.03. The van der Waals surface area contributed by atoms with Crippen molar-refractivity contribution in [3.8, 4) is 17.6 Å². The van der Waals surface area contributed by atoms with Gasteiger partial charge in [-0.15, -0.1) is 5.10 Å². The Morgan fingerprint density at radius 1 is 1.24 bits per heavy atom. The highest BCUT2D eigenvalue weighted by atomic mass is 16.5. The molecule has 1 aromatic heterocycles. The zero-order chi connectivity index (χ0) is 15.1. The standard InChI is InChI=1S/C14H17N5O2/c1-20-12-6-5-11(9-13(12)21-2)10-14-16-17-18-19(14)8-4-3-7-15/h5-6,9H,3-4,8,10H2,1-2H3. The highest BCUT2D eigenvalue weighted by molar-refractivity contribution is 5.43. The summed E-state index contributed by atoms with van der Waals surface area (Å²) in [6.45, 7) is 0.642. The normalized spacial score (nSPS) is 10.1. The average Bonchev–Trinajstić information content (AvgIpc) is 2.94. The average molecular weight is 287 g/mol. The van der Waals surface area contributed by atoms with Gasteiger partial charge in [0.1, 0.15) is 0 Å². The molecule has 2 aromatic rings. The van der Waals surface area contributed by atoms with E-state index in [2.05, 4.69) is 21.6 Å². The molecule has 0 aliphatic heterocycles. The fourth-order valence-electron chi connectivity index (χ4n) is 2.00. The highest BCUT2D eigenvalue weighted by Crippen LogP contribution is 2.28. The number of tetrazole rings is 1. The van der Waals surface area contributed by atoms with E-state index in [9.17, 15) is 0 Å². The summed E-state index contributed by atoms with van der Waals surface area (Å²) < 4.78 is 12.2. The van der Waals surface area contributed by atoms with Crippen molar-refractivity contribution in [3.63, 3.8) is 0 Å². The van der Waals surface area contributed by atoms with Gasteiger partial charge in [-0.2, -0.15) is 5.26 Å². The van der Waals surface area contributed by atoms with E-state index in [0.29, 0.717) is 30.9 Å². The molecular formula is C14H17N5O2. The van der Waals surface area contributed by atoms with Crippen LogP contribution in [0.2, 0.25) is 0 Å². The first-order chi connectivity index (χ1) is 10.3. The first-order valence-corrected chi connectivity index (χ1v) is 6.61. The van der Waals surface area contributed by atoms with Crippen molar-refractivity contribution in [1.29, 1.82) is 5.26 Å². The smallest absolute Gasteiger partial charge is 0.161 e. The molecule has 1 heterocycles. The molecule has 7 nitrogen and oxygen atoms in total. The molecule has 0 atom stereocenters. The molecular weight excluding hydrogens is 270 g/mol. The van der Waals surface area contributed by atoms with Gasteiger partial charge in [-0.1, -0.05) is 6.07 Å². The Morgan fingerprint density at radius 2 is 2.05 bits per heavy atom. The van der Waals surface area contributed by atoms with Crippen LogP contribution in [0.1, 0.15) is 24.2 Å². The number of nitriles is 1. The quantitative estimate of drug-likeness (QED) is 0.719. The lowest BCUT2D eigenvalue weighted by Gasteiger charge is -2.09. The molecule has 7 heteroatoms. The minimum atomic E-state index is 0.496. The van der Waals surface area contributed by atoms with E-state index in [1.807, 2.05) is 18.2 Å². The van der Waals surface area contributed by atoms with Crippen LogP contribution in [-0.2, 0) is 13.0 Å². The molecule has 0 bridgehead atoms. The number of methoxy groups -OCH3 is 2. The molecule has 0 fully saturated rings. The summed E-state index contributed by atoms with van der Waals surface area (Å²) in [7, 11) is 3.21.